The number of methoxy groups -OCH3 is 1. The van der Waals surface area contributed by atoms with Gasteiger partial charge in [-0.3, -0.25) is 39.6 Å². The van der Waals surface area contributed by atoms with Crippen LogP contribution >= 0.6 is 0 Å². The molecule has 20 nitrogen and oxygen atoms in total. The average Bonchev–Trinajstić information content (AvgIpc) is 3.26. The topological polar surface area (TPSA) is 326 Å². The van der Waals surface area contributed by atoms with Crippen molar-refractivity contribution in [3.05, 3.63) is 11.6 Å². The molecule has 3 unspecified atom stereocenters. The number of rotatable bonds is 9. The van der Waals surface area contributed by atoms with Crippen LogP contribution in [-0.2, 0) is 52.5 Å². The first kappa shape index (κ1) is 49.6. The summed E-state index contributed by atoms with van der Waals surface area (Å²) in [5.41, 5.74) is 1.62. The molecular weight excluding hydrogens is 853 g/mol. The first-order valence-electron chi connectivity index (χ1n) is 22.7. The van der Waals surface area contributed by atoms with Crippen LogP contribution in [0.15, 0.2) is 11.6 Å². The van der Waals surface area contributed by atoms with Crippen molar-refractivity contribution in [2.24, 2.45) is 61.9 Å². The highest BCUT2D eigenvalue weighted by molar-refractivity contribution is 6.38. The fourth-order valence-electron chi connectivity index (χ4n) is 14.0. The Kier molecular flexibility index (Phi) is 13.0. The van der Waals surface area contributed by atoms with Gasteiger partial charge in [0.15, 0.2) is 30.6 Å². The smallest absolute Gasteiger partial charge is 0.311 e. The molecule has 364 valence electrons. The van der Waals surface area contributed by atoms with Gasteiger partial charge in [0.2, 0.25) is 0 Å². The van der Waals surface area contributed by atoms with E-state index >= 15 is 4.79 Å². The number of aliphatic hydroxyl groups is 5. The molecule has 5 aliphatic carbocycles. The summed E-state index contributed by atoms with van der Waals surface area (Å²) in [7, 11) is 1.43. The lowest BCUT2D eigenvalue weighted by Crippen LogP contribution is -2.68. The minimum absolute atomic E-state index is 0.0309. The number of carbonyl (C=O) groups excluding carboxylic acids is 6. The summed E-state index contributed by atoms with van der Waals surface area (Å²) in [5.74, 6) is 4.10. The lowest BCUT2D eigenvalue weighted by atomic mass is 9.33. The molecule has 4 saturated carbocycles. The van der Waals surface area contributed by atoms with E-state index in [0.29, 0.717) is 32.1 Å². The summed E-state index contributed by atoms with van der Waals surface area (Å²) >= 11 is 0. The number of carbonyl (C=O) groups is 6. The number of hydrogen-bond donors (Lipinski definition) is 9. The second-order valence-electron chi connectivity index (χ2n) is 21.8. The fraction of sp³-hybridized carbons (Fsp3) is 0.822. The summed E-state index contributed by atoms with van der Waals surface area (Å²) in [6.45, 7) is 15.0. The molecule has 65 heavy (non-hydrogen) atoms. The maximum Gasteiger partial charge on any atom is 0.311 e. The molecule has 6 fully saturated rings. The van der Waals surface area contributed by atoms with E-state index < -0.39 is 113 Å². The van der Waals surface area contributed by atoms with Gasteiger partial charge in [-0.2, -0.15) is 0 Å². The van der Waals surface area contributed by atoms with E-state index in [0.717, 1.165) is 31.3 Å². The number of ether oxygens (including phenoxy) is 5. The molecule has 0 aromatic carbocycles. The Labute approximate surface area is 377 Å². The molecule has 11 N–H and O–H groups in total. The molecule has 7 aliphatic rings. The third kappa shape index (κ3) is 7.53. The van der Waals surface area contributed by atoms with E-state index in [4.69, 9.17) is 35.4 Å². The van der Waals surface area contributed by atoms with Crippen LogP contribution in [0.1, 0.15) is 106 Å². The lowest BCUT2D eigenvalue weighted by Gasteiger charge is -2.70. The number of ketones is 3. The summed E-state index contributed by atoms with van der Waals surface area (Å²) < 4.78 is 29.3. The number of Topliss-reactive ketones (excluding diaryl/α,β-unsaturated/α-hetero) is 2. The zero-order valence-electron chi connectivity index (χ0n) is 38.4. The van der Waals surface area contributed by atoms with E-state index in [9.17, 15) is 49.5 Å². The van der Waals surface area contributed by atoms with Gasteiger partial charge < -0.3 is 49.2 Å². The second kappa shape index (κ2) is 17.0. The van der Waals surface area contributed by atoms with Gasteiger partial charge >= 0.3 is 17.8 Å². The van der Waals surface area contributed by atoms with Crippen LogP contribution < -0.4 is 22.5 Å². The van der Waals surface area contributed by atoms with Crippen molar-refractivity contribution in [2.45, 2.75) is 174 Å². The van der Waals surface area contributed by atoms with Crippen molar-refractivity contribution >= 4 is 35.1 Å². The predicted octanol–water partition coefficient (Wildman–Crippen LogP) is -0.717. The molecule has 0 bridgehead atoms. The maximum atomic E-state index is 15.0. The Morgan fingerprint density at radius 2 is 1.28 bits per heavy atom. The van der Waals surface area contributed by atoms with Gasteiger partial charge in [-0.15, -0.1) is 0 Å². The highest BCUT2D eigenvalue weighted by Crippen LogP contribution is 2.75. The van der Waals surface area contributed by atoms with E-state index in [-0.39, 0.29) is 40.3 Å². The number of hydrazine groups is 2. The Hall–Kier alpha value is -3.28. The average molecular weight is 921 g/mol. The highest BCUT2D eigenvalue weighted by atomic mass is 16.8. The largest absolute Gasteiger partial charge is 0.469 e. The van der Waals surface area contributed by atoms with Crippen molar-refractivity contribution < 1.29 is 78.0 Å². The zero-order chi connectivity index (χ0) is 48.1. The number of aliphatic hydroxyl groups excluding tert-OH is 5. The second-order valence-corrected chi connectivity index (χ2v) is 21.8. The third-order valence-electron chi connectivity index (χ3n) is 18.1. The van der Waals surface area contributed by atoms with Crippen LogP contribution in [0.3, 0.4) is 0 Å². The molecule has 0 aromatic rings. The molecular formula is C45H68N4O16. The number of nitrogens with two attached hydrogens (primary N) is 2. The van der Waals surface area contributed by atoms with Crippen LogP contribution in [0.25, 0.3) is 0 Å². The van der Waals surface area contributed by atoms with Gasteiger partial charge in [-0.05, 0) is 110 Å². The van der Waals surface area contributed by atoms with Crippen LogP contribution in [0.5, 0.6) is 0 Å². The summed E-state index contributed by atoms with van der Waals surface area (Å²) in [4.78, 5) is 78.6. The van der Waals surface area contributed by atoms with Gasteiger partial charge in [-0.1, -0.05) is 47.1 Å². The van der Waals surface area contributed by atoms with Gasteiger partial charge in [0.1, 0.15) is 36.6 Å². The predicted molar refractivity (Wildman–Crippen MR) is 223 cm³/mol. The minimum atomic E-state index is -2.16. The first-order chi connectivity index (χ1) is 30.2. The molecule has 0 aromatic heterocycles. The van der Waals surface area contributed by atoms with Crippen molar-refractivity contribution in [2.75, 3.05) is 7.11 Å². The fourth-order valence-corrected chi connectivity index (χ4v) is 14.0. The van der Waals surface area contributed by atoms with Crippen LogP contribution in [-0.4, -0.2) is 135 Å². The number of hydrogen-bond acceptors (Lipinski definition) is 18. The minimum Gasteiger partial charge on any atom is -0.469 e. The summed E-state index contributed by atoms with van der Waals surface area (Å²) in [6, 6.07) is 0. The standard InChI is InChI=1S/C45H68N4O16/c1-40(2)22-9-12-45(7)34(21(50)17-19-20-18-42(4,39(60)61-8)14-13-41(20,3)15-16-44(19,45)6)43(22,5)11-10-23(40)62-38-33(27(54)26(53)32(64-38)30(57)36(59)49-47)65-37-28(55)24(51)25(52)31(63-37)29(56)35(58)48-46/h17,20,22-28,31-34,37-38,51-55H,9-16,18,46-47H2,1-8H3,(H,48,58)(H,49,59)/t20?,22?,23-,24-,25-,26-,27-,28+,31-,32-,33+,34?,37-,38+,41+,42-,43-,44+,45+/m0/s1. The van der Waals surface area contributed by atoms with E-state index in [1.165, 1.54) is 7.11 Å². The van der Waals surface area contributed by atoms with Gasteiger partial charge in [-0.25, -0.2) is 11.7 Å². The number of allylic oxidation sites excluding steroid dienone is 2. The zero-order valence-corrected chi connectivity index (χ0v) is 38.4. The SMILES string of the molecule is COC(=O)[C@@]1(C)CC[C@]2(C)CC[C@]3(C)C(=CC(=O)C4[C@@]5(C)CC[C@H](O[C@@H]6O[C@H](C(=O)C(=O)NN)[C@@H](O)[C@H](O)[C@H]6O[C@@H]6O[C@H](C(=O)C(=O)NN)[C@@H](O)[C@H](O)[C@H]6O)C(C)(C)C5CC[C@]43C)C2C1. The Morgan fingerprint density at radius 3 is 1.86 bits per heavy atom. The Bertz CT molecular complexity index is 2000. The molecule has 20 heteroatoms. The summed E-state index contributed by atoms with van der Waals surface area (Å²) in [6.07, 6.45) is -13.1. The number of nitrogens with one attached hydrogen (secondary N) is 2. The van der Waals surface area contributed by atoms with Gasteiger partial charge in [0.05, 0.1) is 18.6 Å². The Morgan fingerprint density at radius 1 is 0.708 bits per heavy atom. The molecule has 0 spiro atoms. The Balaban J connectivity index is 1.19. The maximum absolute atomic E-state index is 15.0. The third-order valence-corrected chi connectivity index (χ3v) is 18.1. The van der Waals surface area contributed by atoms with Crippen molar-refractivity contribution in [3.63, 3.8) is 0 Å². The van der Waals surface area contributed by atoms with Gasteiger partial charge in [0, 0.05) is 5.92 Å². The van der Waals surface area contributed by atoms with Crippen molar-refractivity contribution in [3.8, 4) is 0 Å². The molecule has 2 amide bonds. The number of fused-ring (bicyclic) bond motifs is 7. The van der Waals surface area contributed by atoms with E-state index in [2.05, 4.69) is 27.7 Å². The van der Waals surface area contributed by atoms with Crippen LogP contribution in [0, 0.1) is 50.2 Å². The molecule has 2 saturated heterocycles. The molecule has 0 radical (unpaired) electrons. The molecule has 19 atom stereocenters. The van der Waals surface area contributed by atoms with Crippen molar-refractivity contribution in [1.29, 1.82) is 0 Å². The monoisotopic (exact) mass is 920 g/mol. The number of amides is 2. The van der Waals surface area contributed by atoms with Crippen LogP contribution in [0.4, 0.5) is 0 Å². The molecule has 2 heterocycles. The lowest BCUT2D eigenvalue weighted by molar-refractivity contribution is -0.369. The van der Waals surface area contributed by atoms with Crippen molar-refractivity contribution in [1.82, 2.24) is 10.9 Å². The van der Waals surface area contributed by atoms with Crippen LogP contribution in [0.2, 0.25) is 0 Å². The quantitative estimate of drug-likeness (QED) is 0.0344. The molecule has 2 aliphatic heterocycles. The van der Waals surface area contributed by atoms with E-state index in [1.807, 2.05) is 26.8 Å². The first-order valence-corrected chi connectivity index (χ1v) is 22.7. The summed E-state index contributed by atoms with van der Waals surface area (Å²) in [5, 5.41) is 54.9. The molecule has 7 rings (SSSR count). The van der Waals surface area contributed by atoms with Gasteiger partial charge in [0.25, 0.3) is 11.6 Å². The highest BCUT2D eigenvalue weighted by Gasteiger charge is 2.71. The normalized spacial score (nSPS) is 47.9. The van der Waals surface area contributed by atoms with E-state index in [1.54, 1.807) is 10.9 Å². The number of esters is 1.